The maximum Gasteiger partial charge on any atom is 0.0107 e. The highest BCUT2D eigenvalue weighted by Gasteiger charge is 2.07. The SMILES string of the molecule is CCC(C)Sc1ccccc1CC(C)N. The zero-order chi connectivity index (χ0) is 11.3. The van der Waals surface area contributed by atoms with Crippen molar-refractivity contribution in [1.82, 2.24) is 0 Å². The zero-order valence-electron chi connectivity index (χ0n) is 9.86. The van der Waals surface area contributed by atoms with Crippen molar-refractivity contribution in [3.05, 3.63) is 29.8 Å². The second-order valence-electron chi connectivity index (χ2n) is 4.13. The Morgan fingerprint density at radius 3 is 2.53 bits per heavy atom. The van der Waals surface area contributed by atoms with Gasteiger partial charge >= 0.3 is 0 Å². The van der Waals surface area contributed by atoms with E-state index in [1.807, 2.05) is 11.8 Å². The van der Waals surface area contributed by atoms with Gasteiger partial charge in [-0.1, -0.05) is 32.0 Å². The molecular weight excluding hydrogens is 202 g/mol. The highest BCUT2D eigenvalue weighted by molar-refractivity contribution is 8.00. The van der Waals surface area contributed by atoms with Gasteiger partial charge in [0.1, 0.15) is 0 Å². The lowest BCUT2D eigenvalue weighted by Gasteiger charge is -2.14. The van der Waals surface area contributed by atoms with E-state index in [1.165, 1.54) is 16.9 Å². The Morgan fingerprint density at radius 2 is 1.93 bits per heavy atom. The van der Waals surface area contributed by atoms with E-state index in [0.717, 1.165) is 6.42 Å². The van der Waals surface area contributed by atoms with Crippen LogP contribution in [0.3, 0.4) is 0 Å². The van der Waals surface area contributed by atoms with Crippen LogP contribution in [0.25, 0.3) is 0 Å². The summed E-state index contributed by atoms with van der Waals surface area (Å²) in [6.07, 6.45) is 2.18. The van der Waals surface area contributed by atoms with E-state index in [0.29, 0.717) is 5.25 Å². The maximum absolute atomic E-state index is 5.85. The predicted molar refractivity (Wildman–Crippen MR) is 69.4 cm³/mol. The lowest BCUT2D eigenvalue weighted by molar-refractivity contribution is 0.729. The molecule has 0 aliphatic rings. The van der Waals surface area contributed by atoms with Crippen molar-refractivity contribution in [1.29, 1.82) is 0 Å². The molecule has 0 amide bonds. The topological polar surface area (TPSA) is 26.0 Å². The molecule has 84 valence electrons. The Morgan fingerprint density at radius 1 is 1.27 bits per heavy atom. The Labute approximate surface area is 97.4 Å². The van der Waals surface area contributed by atoms with Crippen LogP contribution in [0.5, 0.6) is 0 Å². The number of nitrogens with two attached hydrogens (primary N) is 1. The van der Waals surface area contributed by atoms with Crippen LogP contribution in [0.4, 0.5) is 0 Å². The monoisotopic (exact) mass is 223 g/mol. The number of hydrogen-bond acceptors (Lipinski definition) is 2. The third kappa shape index (κ3) is 4.27. The largest absolute Gasteiger partial charge is 0.328 e. The Kier molecular flexibility index (Phi) is 5.20. The number of benzene rings is 1. The van der Waals surface area contributed by atoms with Crippen molar-refractivity contribution in [2.24, 2.45) is 5.73 Å². The lowest BCUT2D eigenvalue weighted by atomic mass is 10.1. The van der Waals surface area contributed by atoms with Gasteiger partial charge in [-0.2, -0.15) is 0 Å². The fourth-order valence-electron chi connectivity index (χ4n) is 1.43. The van der Waals surface area contributed by atoms with Crippen LogP contribution in [0.2, 0.25) is 0 Å². The highest BCUT2D eigenvalue weighted by atomic mass is 32.2. The minimum atomic E-state index is 0.240. The van der Waals surface area contributed by atoms with E-state index in [1.54, 1.807) is 0 Å². The quantitative estimate of drug-likeness (QED) is 0.774. The van der Waals surface area contributed by atoms with Gasteiger partial charge in [-0.15, -0.1) is 11.8 Å². The molecule has 1 rings (SSSR count). The summed E-state index contributed by atoms with van der Waals surface area (Å²) in [7, 11) is 0. The average Bonchev–Trinajstić information content (AvgIpc) is 2.20. The minimum absolute atomic E-state index is 0.240. The molecule has 2 N–H and O–H groups in total. The van der Waals surface area contributed by atoms with Crippen molar-refractivity contribution in [3.8, 4) is 0 Å². The molecule has 0 radical (unpaired) electrons. The molecule has 1 aromatic carbocycles. The molecular formula is C13H21NS. The van der Waals surface area contributed by atoms with Crippen LogP contribution in [-0.2, 0) is 6.42 Å². The van der Waals surface area contributed by atoms with Crippen LogP contribution >= 0.6 is 11.8 Å². The van der Waals surface area contributed by atoms with Gasteiger partial charge in [0.05, 0.1) is 0 Å². The van der Waals surface area contributed by atoms with Gasteiger partial charge in [-0.3, -0.25) is 0 Å². The van der Waals surface area contributed by atoms with Gasteiger partial charge in [0, 0.05) is 16.2 Å². The van der Waals surface area contributed by atoms with Crippen LogP contribution < -0.4 is 5.73 Å². The van der Waals surface area contributed by atoms with Crippen molar-refractivity contribution in [2.75, 3.05) is 0 Å². The van der Waals surface area contributed by atoms with E-state index in [4.69, 9.17) is 5.73 Å². The van der Waals surface area contributed by atoms with Gasteiger partial charge in [-0.05, 0) is 31.4 Å². The van der Waals surface area contributed by atoms with Crippen molar-refractivity contribution >= 4 is 11.8 Å². The second-order valence-corrected chi connectivity index (χ2v) is 5.61. The van der Waals surface area contributed by atoms with Crippen LogP contribution in [-0.4, -0.2) is 11.3 Å². The molecule has 0 aromatic heterocycles. The summed E-state index contributed by atoms with van der Waals surface area (Å²) in [5, 5.41) is 0.680. The summed E-state index contributed by atoms with van der Waals surface area (Å²) in [5.41, 5.74) is 7.23. The summed E-state index contributed by atoms with van der Waals surface area (Å²) in [6.45, 7) is 6.56. The zero-order valence-corrected chi connectivity index (χ0v) is 10.7. The summed E-state index contributed by atoms with van der Waals surface area (Å²) < 4.78 is 0. The number of rotatable bonds is 5. The Hall–Kier alpha value is -0.470. The first-order chi connectivity index (χ1) is 7.13. The molecule has 2 heteroatoms. The van der Waals surface area contributed by atoms with E-state index in [-0.39, 0.29) is 6.04 Å². The molecule has 0 saturated carbocycles. The third-order valence-corrected chi connectivity index (χ3v) is 3.81. The maximum atomic E-state index is 5.85. The predicted octanol–water partition coefficient (Wildman–Crippen LogP) is 3.47. The fraction of sp³-hybridized carbons (Fsp3) is 0.538. The summed E-state index contributed by atoms with van der Waals surface area (Å²) in [4.78, 5) is 1.39. The minimum Gasteiger partial charge on any atom is -0.328 e. The Balaban J connectivity index is 2.76. The third-order valence-electron chi connectivity index (χ3n) is 2.42. The standard InChI is InChI=1S/C13H21NS/c1-4-11(3)15-13-8-6-5-7-12(13)9-10(2)14/h5-8,10-11H,4,9,14H2,1-3H3. The smallest absolute Gasteiger partial charge is 0.0107 e. The summed E-state index contributed by atoms with van der Waals surface area (Å²) in [6, 6.07) is 8.83. The lowest BCUT2D eigenvalue weighted by Crippen LogP contribution is -2.18. The number of thioether (sulfide) groups is 1. The van der Waals surface area contributed by atoms with Gasteiger partial charge < -0.3 is 5.73 Å². The molecule has 0 aliphatic heterocycles. The first-order valence-electron chi connectivity index (χ1n) is 5.63. The van der Waals surface area contributed by atoms with E-state index in [9.17, 15) is 0 Å². The molecule has 15 heavy (non-hydrogen) atoms. The van der Waals surface area contributed by atoms with Crippen molar-refractivity contribution < 1.29 is 0 Å². The normalized spacial score (nSPS) is 14.9. The van der Waals surface area contributed by atoms with Gasteiger partial charge in [0.25, 0.3) is 0 Å². The average molecular weight is 223 g/mol. The molecule has 0 bridgehead atoms. The fourth-order valence-corrected chi connectivity index (χ4v) is 2.49. The molecule has 2 atom stereocenters. The second kappa shape index (κ2) is 6.19. The van der Waals surface area contributed by atoms with Crippen molar-refractivity contribution in [2.45, 2.75) is 49.8 Å². The highest BCUT2D eigenvalue weighted by Crippen LogP contribution is 2.28. The summed E-state index contributed by atoms with van der Waals surface area (Å²) in [5.74, 6) is 0. The molecule has 0 saturated heterocycles. The van der Waals surface area contributed by atoms with E-state index in [2.05, 4.69) is 45.0 Å². The molecule has 0 heterocycles. The van der Waals surface area contributed by atoms with Crippen LogP contribution in [0.15, 0.2) is 29.2 Å². The summed E-state index contributed by atoms with van der Waals surface area (Å²) >= 11 is 1.96. The molecule has 1 aromatic rings. The van der Waals surface area contributed by atoms with Crippen LogP contribution in [0.1, 0.15) is 32.8 Å². The van der Waals surface area contributed by atoms with Gasteiger partial charge in [0.2, 0.25) is 0 Å². The van der Waals surface area contributed by atoms with Gasteiger partial charge in [0.15, 0.2) is 0 Å². The van der Waals surface area contributed by atoms with Crippen molar-refractivity contribution in [3.63, 3.8) is 0 Å². The molecule has 0 fully saturated rings. The van der Waals surface area contributed by atoms with E-state index >= 15 is 0 Å². The van der Waals surface area contributed by atoms with E-state index < -0.39 is 0 Å². The molecule has 2 unspecified atom stereocenters. The van der Waals surface area contributed by atoms with Crippen LogP contribution in [0, 0.1) is 0 Å². The van der Waals surface area contributed by atoms with Gasteiger partial charge in [-0.25, -0.2) is 0 Å². The Bertz CT molecular complexity index is 296. The first kappa shape index (κ1) is 12.6. The molecule has 1 nitrogen and oxygen atoms in total. The molecule has 0 spiro atoms. The first-order valence-corrected chi connectivity index (χ1v) is 6.51. The molecule has 0 aliphatic carbocycles. The number of hydrogen-bond donors (Lipinski definition) is 1.